The Morgan fingerprint density at radius 2 is 1.86 bits per heavy atom. The number of benzene rings is 2. The topological polar surface area (TPSA) is 92.8 Å². The molecule has 2 aromatic rings. The maximum Gasteiger partial charge on any atom is 0.324 e. The van der Waals surface area contributed by atoms with Gasteiger partial charge < -0.3 is 10.1 Å². The lowest BCUT2D eigenvalue weighted by Crippen LogP contribution is -2.41. The average Bonchev–Trinajstić information content (AvgIpc) is 3.20. The van der Waals surface area contributed by atoms with E-state index in [1.807, 2.05) is 0 Å². The van der Waals surface area contributed by atoms with Gasteiger partial charge in [-0.25, -0.2) is 8.42 Å². The molecular formula is C19H18Cl2N2O5S. The summed E-state index contributed by atoms with van der Waals surface area (Å²) >= 11 is 11.8. The minimum absolute atomic E-state index is 0.0964. The lowest BCUT2D eigenvalue weighted by Gasteiger charge is -2.23. The zero-order valence-electron chi connectivity index (χ0n) is 15.4. The van der Waals surface area contributed by atoms with Crippen LogP contribution in [0.1, 0.15) is 23.2 Å². The number of carbonyl (C=O) groups excluding carboxylic acids is 2. The Morgan fingerprint density at radius 1 is 1.14 bits per heavy atom. The molecule has 7 nitrogen and oxygen atoms in total. The Labute approximate surface area is 178 Å². The number of sulfonamides is 1. The first kappa shape index (κ1) is 21.6. The van der Waals surface area contributed by atoms with Crippen LogP contribution in [0.5, 0.6) is 0 Å². The molecule has 2 aromatic carbocycles. The third kappa shape index (κ3) is 4.40. The molecule has 10 heteroatoms. The fourth-order valence-corrected chi connectivity index (χ4v) is 5.25. The van der Waals surface area contributed by atoms with Gasteiger partial charge in [0, 0.05) is 12.1 Å². The fraction of sp³-hybridized carbons (Fsp3) is 0.263. The molecule has 154 valence electrons. The van der Waals surface area contributed by atoms with Gasteiger partial charge in [-0.1, -0.05) is 35.3 Å². The third-order valence-corrected chi connectivity index (χ3v) is 7.29. The second-order valence-electron chi connectivity index (χ2n) is 6.38. The van der Waals surface area contributed by atoms with Gasteiger partial charge >= 0.3 is 5.97 Å². The Balaban J connectivity index is 1.93. The van der Waals surface area contributed by atoms with E-state index in [9.17, 15) is 18.0 Å². The lowest BCUT2D eigenvalue weighted by molar-refractivity contribution is -0.144. The van der Waals surface area contributed by atoms with E-state index >= 15 is 0 Å². The van der Waals surface area contributed by atoms with Gasteiger partial charge in [-0.2, -0.15) is 4.31 Å². The molecule has 1 aliphatic heterocycles. The van der Waals surface area contributed by atoms with Gasteiger partial charge in [0.2, 0.25) is 10.0 Å². The summed E-state index contributed by atoms with van der Waals surface area (Å²) in [5.41, 5.74) is 0.319. The third-order valence-electron chi connectivity index (χ3n) is 4.58. The fourth-order valence-electron chi connectivity index (χ4n) is 3.15. The van der Waals surface area contributed by atoms with Crippen LogP contribution in [0.25, 0.3) is 0 Å². The summed E-state index contributed by atoms with van der Waals surface area (Å²) in [5, 5.41) is 3.11. The highest BCUT2D eigenvalue weighted by atomic mass is 35.5. The number of hydrogen-bond donors (Lipinski definition) is 1. The molecule has 0 saturated carbocycles. The normalized spacial score (nSPS) is 17.1. The summed E-state index contributed by atoms with van der Waals surface area (Å²) in [6.07, 6.45) is 0.917. The Kier molecular flexibility index (Phi) is 6.48. The summed E-state index contributed by atoms with van der Waals surface area (Å²) in [7, 11) is -2.83. The van der Waals surface area contributed by atoms with E-state index in [1.54, 1.807) is 12.1 Å². The largest absolute Gasteiger partial charge is 0.468 e. The van der Waals surface area contributed by atoms with E-state index in [0.717, 1.165) is 4.31 Å². The van der Waals surface area contributed by atoms with Crippen LogP contribution in [0.2, 0.25) is 10.0 Å². The van der Waals surface area contributed by atoms with Gasteiger partial charge in [-0.3, -0.25) is 9.59 Å². The average molecular weight is 457 g/mol. The molecule has 1 heterocycles. The number of methoxy groups -OCH3 is 1. The molecule has 0 spiro atoms. The molecule has 0 aromatic heterocycles. The smallest absolute Gasteiger partial charge is 0.324 e. The first-order valence-electron chi connectivity index (χ1n) is 8.71. The molecule has 1 atom stereocenters. The summed E-state index contributed by atoms with van der Waals surface area (Å²) in [6.45, 7) is 0.192. The first-order valence-corrected chi connectivity index (χ1v) is 10.9. The van der Waals surface area contributed by atoms with Crippen molar-refractivity contribution in [3.05, 3.63) is 58.1 Å². The second kappa shape index (κ2) is 8.71. The molecule has 1 amide bonds. The number of nitrogens with one attached hydrogen (secondary N) is 1. The molecule has 1 N–H and O–H groups in total. The Bertz CT molecular complexity index is 1060. The predicted molar refractivity (Wildman–Crippen MR) is 110 cm³/mol. The van der Waals surface area contributed by atoms with Gasteiger partial charge in [0.1, 0.15) is 10.9 Å². The standard InChI is InChI=1S/C19H18Cl2N2O5S/c1-28-19(25)16-6-4-10-23(16)29(26,27)17-7-3-2-5-15(17)22-18(24)12-8-9-13(20)14(21)11-12/h2-3,5,7-9,11,16H,4,6,10H2,1H3,(H,22,24)/t16-/m0/s1. The van der Waals surface area contributed by atoms with Gasteiger partial charge in [0.05, 0.1) is 22.8 Å². The summed E-state index contributed by atoms with van der Waals surface area (Å²) in [4.78, 5) is 24.5. The van der Waals surface area contributed by atoms with E-state index < -0.39 is 27.9 Å². The predicted octanol–water partition coefficient (Wildman–Crippen LogP) is 3.57. The van der Waals surface area contributed by atoms with Crippen LogP contribution in [0.15, 0.2) is 47.4 Å². The molecule has 0 aliphatic carbocycles. The van der Waals surface area contributed by atoms with Crippen molar-refractivity contribution in [3.8, 4) is 0 Å². The van der Waals surface area contributed by atoms with Crippen LogP contribution >= 0.6 is 23.2 Å². The van der Waals surface area contributed by atoms with E-state index in [0.29, 0.717) is 17.9 Å². The van der Waals surface area contributed by atoms with Crippen LogP contribution in [0.4, 0.5) is 5.69 Å². The quantitative estimate of drug-likeness (QED) is 0.693. The molecule has 1 saturated heterocycles. The van der Waals surface area contributed by atoms with Crippen LogP contribution in [0, 0.1) is 0 Å². The van der Waals surface area contributed by atoms with Crippen LogP contribution in [-0.4, -0.2) is 44.3 Å². The zero-order chi connectivity index (χ0) is 21.2. The van der Waals surface area contributed by atoms with Crippen molar-refractivity contribution in [2.24, 2.45) is 0 Å². The highest BCUT2D eigenvalue weighted by Crippen LogP contribution is 2.31. The van der Waals surface area contributed by atoms with Gasteiger partial charge in [-0.15, -0.1) is 0 Å². The van der Waals surface area contributed by atoms with Crippen molar-refractivity contribution in [1.29, 1.82) is 0 Å². The number of carbonyl (C=O) groups is 2. The van der Waals surface area contributed by atoms with E-state index in [2.05, 4.69) is 5.32 Å². The molecule has 0 radical (unpaired) electrons. The Hall–Kier alpha value is -2.13. The Morgan fingerprint density at radius 3 is 2.55 bits per heavy atom. The van der Waals surface area contributed by atoms with Crippen molar-refractivity contribution in [3.63, 3.8) is 0 Å². The van der Waals surface area contributed by atoms with E-state index in [1.165, 1.54) is 37.4 Å². The molecule has 1 fully saturated rings. The van der Waals surface area contributed by atoms with Crippen molar-refractivity contribution < 1.29 is 22.7 Å². The first-order chi connectivity index (χ1) is 13.8. The highest BCUT2D eigenvalue weighted by Gasteiger charge is 2.41. The SMILES string of the molecule is COC(=O)[C@@H]1CCCN1S(=O)(=O)c1ccccc1NC(=O)c1ccc(Cl)c(Cl)c1. The molecule has 0 unspecified atom stereocenters. The summed E-state index contributed by atoms with van der Waals surface area (Å²) < 4.78 is 32.3. The van der Waals surface area contributed by atoms with Gasteiger partial charge in [0.25, 0.3) is 5.91 Å². The molecular weight excluding hydrogens is 439 g/mol. The van der Waals surface area contributed by atoms with Gasteiger partial charge in [-0.05, 0) is 43.2 Å². The maximum atomic E-state index is 13.2. The van der Waals surface area contributed by atoms with E-state index in [-0.39, 0.29) is 27.7 Å². The number of anilines is 1. The number of halogens is 2. The lowest BCUT2D eigenvalue weighted by atomic mass is 10.2. The van der Waals surface area contributed by atoms with Crippen molar-refractivity contribution >= 4 is 50.8 Å². The molecule has 0 bridgehead atoms. The summed E-state index contributed by atoms with van der Waals surface area (Å²) in [6, 6.07) is 9.48. The monoisotopic (exact) mass is 456 g/mol. The number of nitrogens with zero attached hydrogens (tertiary/aromatic N) is 1. The van der Waals surface area contributed by atoms with Crippen LogP contribution in [0.3, 0.4) is 0 Å². The maximum absolute atomic E-state index is 13.2. The molecule has 3 rings (SSSR count). The number of esters is 1. The number of rotatable bonds is 5. The number of amides is 1. The van der Waals surface area contributed by atoms with Gasteiger partial charge in [0.15, 0.2) is 0 Å². The number of ether oxygens (including phenoxy) is 1. The number of para-hydroxylation sites is 1. The minimum atomic E-state index is -4.05. The zero-order valence-corrected chi connectivity index (χ0v) is 17.7. The van der Waals surface area contributed by atoms with Crippen molar-refractivity contribution in [1.82, 2.24) is 4.31 Å². The number of hydrogen-bond acceptors (Lipinski definition) is 5. The van der Waals surface area contributed by atoms with Crippen molar-refractivity contribution in [2.75, 3.05) is 19.0 Å². The second-order valence-corrected chi connectivity index (χ2v) is 9.05. The van der Waals surface area contributed by atoms with E-state index in [4.69, 9.17) is 27.9 Å². The van der Waals surface area contributed by atoms with Crippen LogP contribution in [-0.2, 0) is 19.6 Å². The van der Waals surface area contributed by atoms with Crippen molar-refractivity contribution in [2.45, 2.75) is 23.8 Å². The molecule has 1 aliphatic rings. The van der Waals surface area contributed by atoms with Crippen LogP contribution < -0.4 is 5.32 Å². The minimum Gasteiger partial charge on any atom is -0.468 e. The molecule has 29 heavy (non-hydrogen) atoms. The summed E-state index contributed by atoms with van der Waals surface area (Å²) in [5.74, 6) is -1.15. The highest BCUT2D eigenvalue weighted by molar-refractivity contribution is 7.89.